The highest BCUT2D eigenvalue weighted by Gasteiger charge is 2.36. The lowest BCUT2D eigenvalue weighted by Crippen LogP contribution is -2.51. The first-order valence-electron chi connectivity index (χ1n) is 5.06. The van der Waals surface area contributed by atoms with E-state index in [9.17, 15) is 4.79 Å². The van der Waals surface area contributed by atoms with Gasteiger partial charge in [0.25, 0.3) is 0 Å². The summed E-state index contributed by atoms with van der Waals surface area (Å²) in [7, 11) is 0. The summed E-state index contributed by atoms with van der Waals surface area (Å²) in [5.41, 5.74) is -0.0184. The molecule has 0 spiro atoms. The second-order valence-corrected chi connectivity index (χ2v) is 4.58. The van der Waals surface area contributed by atoms with Gasteiger partial charge in [0.15, 0.2) is 0 Å². The fraction of sp³-hybridized carbons (Fsp3) is 0.727. The Bertz CT molecular complexity index is 235. The third-order valence-corrected chi connectivity index (χ3v) is 3.05. The topological polar surface area (TPSA) is 40.5 Å². The highest BCUT2D eigenvalue weighted by Crippen LogP contribution is 2.31. The Morgan fingerprint density at radius 3 is 2.79 bits per heavy atom. The number of carboxylic acid groups (broad SMARTS) is 1. The number of piperidine rings is 1. The number of likely N-dealkylation sites (tertiary alicyclic amines) is 1. The number of hydrogen-bond acceptors (Lipinski definition) is 2. The molecular formula is C11H19NO2. The van der Waals surface area contributed by atoms with Crippen molar-refractivity contribution >= 4 is 5.97 Å². The van der Waals surface area contributed by atoms with E-state index in [2.05, 4.69) is 25.3 Å². The molecule has 0 radical (unpaired) electrons. The van der Waals surface area contributed by atoms with Crippen LogP contribution in [0.4, 0.5) is 0 Å². The standard InChI is InChI=1S/C11H19NO2/c1-4-6-12-7-5-9(10(13)14)8-11(12,2)3/h4,9H,1,5-8H2,2-3H3,(H,13,14). The van der Waals surface area contributed by atoms with Gasteiger partial charge in [0.1, 0.15) is 0 Å². The number of rotatable bonds is 3. The zero-order chi connectivity index (χ0) is 10.8. The maximum atomic E-state index is 10.9. The van der Waals surface area contributed by atoms with Gasteiger partial charge in [-0.25, -0.2) is 0 Å². The highest BCUT2D eigenvalue weighted by atomic mass is 16.4. The molecule has 1 aliphatic rings. The molecule has 0 aromatic rings. The molecule has 0 saturated carbocycles. The summed E-state index contributed by atoms with van der Waals surface area (Å²) in [6, 6.07) is 0. The van der Waals surface area contributed by atoms with Gasteiger partial charge in [0, 0.05) is 12.1 Å². The van der Waals surface area contributed by atoms with Crippen molar-refractivity contribution in [2.45, 2.75) is 32.2 Å². The van der Waals surface area contributed by atoms with Gasteiger partial charge in [-0.05, 0) is 33.2 Å². The van der Waals surface area contributed by atoms with Crippen molar-refractivity contribution in [2.75, 3.05) is 13.1 Å². The summed E-state index contributed by atoms with van der Waals surface area (Å²) < 4.78 is 0. The number of nitrogens with zero attached hydrogens (tertiary/aromatic N) is 1. The number of aliphatic carboxylic acids is 1. The Balaban J connectivity index is 2.64. The molecule has 0 aliphatic carbocycles. The number of carboxylic acids is 1. The van der Waals surface area contributed by atoms with E-state index in [1.165, 1.54) is 0 Å². The van der Waals surface area contributed by atoms with Crippen molar-refractivity contribution in [1.82, 2.24) is 4.90 Å². The van der Waals surface area contributed by atoms with E-state index >= 15 is 0 Å². The molecular weight excluding hydrogens is 178 g/mol. The van der Waals surface area contributed by atoms with Crippen LogP contribution >= 0.6 is 0 Å². The van der Waals surface area contributed by atoms with Crippen LogP contribution < -0.4 is 0 Å². The molecule has 0 aromatic heterocycles. The smallest absolute Gasteiger partial charge is 0.306 e. The molecule has 3 nitrogen and oxygen atoms in total. The normalized spacial score (nSPS) is 27.1. The molecule has 3 heteroatoms. The van der Waals surface area contributed by atoms with Crippen LogP contribution in [-0.2, 0) is 4.79 Å². The van der Waals surface area contributed by atoms with Gasteiger partial charge in [-0.3, -0.25) is 9.69 Å². The summed E-state index contributed by atoms with van der Waals surface area (Å²) >= 11 is 0. The van der Waals surface area contributed by atoms with E-state index in [1.807, 2.05) is 6.08 Å². The third-order valence-electron chi connectivity index (χ3n) is 3.05. The molecule has 80 valence electrons. The fourth-order valence-corrected chi connectivity index (χ4v) is 2.15. The van der Waals surface area contributed by atoms with Gasteiger partial charge < -0.3 is 5.11 Å². The molecule has 1 fully saturated rings. The predicted octanol–water partition coefficient (Wildman–Crippen LogP) is 1.75. The van der Waals surface area contributed by atoms with E-state index < -0.39 is 5.97 Å². The summed E-state index contributed by atoms with van der Waals surface area (Å²) in [5, 5.41) is 8.95. The van der Waals surface area contributed by atoms with Crippen LogP contribution in [0.3, 0.4) is 0 Å². The average molecular weight is 197 g/mol. The first-order valence-corrected chi connectivity index (χ1v) is 5.06. The van der Waals surface area contributed by atoms with Gasteiger partial charge in [0.05, 0.1) is 5.92 Å². The monoisotopic (exact) mass is 197 g/mol. The Morgan fingerprint density at radius 2 is 2.36 bits per heavy atom. The molecule has 14 heavy (non-hydrogen) atoms. The molecule has 1 unspecified atom stereocenters. The molecule has 0 amide bonds. The zero-order valence-corrected chi connectivity index (χ0v) is 8.99. The molecule has 0 aromatic carbocycles. The lowest BCUT2D eigenvalue weighted by molar-refractivity contribution is -0.145. The molecule has 1 N–H and O–H groups in total. The van der Waals surface area contributed by atoms with Crippen LogP contribution in [0.25, 0.3) is 0 Å². The highest BCUT2D eigenvalue weighted by molar-refractivity contribution is 5.70. The molecule has 1 heterocycles. The van der Waals surface area contributed by atoms with Crippen molar-refractivity contribution in [3.8, 4) is 0 Å². The van der Waals surface area contributed by atoms with Crippen LogP contribution in [0, 0.1) is 5.92 Å². The van der Waals surface area contributed by atoms with E-state index in [1.54, 1.807) is 0 Å². The molecule has 0 bridgehead atoms. The minimum Gasteiger partial charge on any atom is -0.481 e. The van der Waals surface area contributed by atoms with Crippen LogP contribution in [0.15, 0.2) is 12.7 Å². The Kier molecular flexibility index (Phi) is 3.32. The third kappa shape index (κ3) is 2.35. The van der Waals surface area contributed by atoms with Crippen molar-refractivity contribution < 1.29 is 9.90 Å². The maximum Gasteiger partial charge on any atom is 0.306 e. The minimum absolute atomic E-state index is 0.0184. The predicted molar refractivity (Wildman–Crippen MR) is 56.2 cm³/mol. The summed E-state index contributed by atoms with van der Waals surface area (Å²) in [5.74, 6) is -0.831. The van der Waals surface area contributed by atoms with Crippen molar-refractivity contribution in [3.63, 3.8) is 0 Å². The van der Waals surface area contributed by atoms with E-state index in [0.717, 1.165) is 25.9 Å². The largest absolute Gasteiger partial charge is 0.481 e. The number of hydrogen-bond donors (Lipinski definition) is 1. The Morgan fingerprint density at radius 1 is 1.71 bits per heavy atom. The molecule has 1 rings (SSSR count). The molecule has 1 aliphatic heterocycles. The van der Waals surface area contributed by atoms with E-state index in [-0.39, 0.29) is 11.5 Å². The first kappa shape index (κ1) is 11.2. The number of carbonyl (C=O) groups is 1. The van der Waals surface area contributed by atoms with E-state index in [4.69, 9.17) is 5.11 Å². The van der Waals surface area contributed by atoms with E-state index in [0.29, 0.717) is 0 Å². The first-order chi connectivity index (χ1) is 6.47. The summed E-state index contributed by atoms with van der Waals surface area (Å²) in [4.78, 5) is 13.2. The summed E-state index contributed by atoms with van der Waals surface area (Å²) in [6.07, 6.45) is 3.37. The van der Waals surface area contributed by atoms with Gasteiger partial charge in [-0.2, -0.15) is 0 Å². The second kappa shape index (κ2) is 4.13. The van der Waals surface area contributed by atoms with Crippen LogP contribution in [-0.4, -0.2) is 34.6 Å². The van der Waals surface area contributed by atoms with Crippen LogP contribution in [0.1, 0.15) is 26.7 Å². The lowest BCUT2D eigenvalue weighted by atomic mass is 9.83. The summed E-state index contributed by atoms with van der Waals surface area (Å²) in [6.45, 7) is 9.63. The van der Waals surface area contributed by atoms with Crippen LogP contribution in [0.2, 0.25) is 0 Å². The SMILES string of the molecule is C=CCN1CCC(C(=O)O)CC1(C)C. The van der Waals surface area contributed by atoms with Gasteiger partial charge in [-0.1, -0.05) is 6.08 Å². The molecule has 1 saturated heterocycles. The van der Waals surface area contributed by atoms with Crippen molar-refractivity contribution in [2.24, 2.45) is 5.92 Å². The van der Waals surface area contributed by atoms with Gasteiger partial charge >= 0.3 is 5.97 Å². The van der Waals surface area contributed by atoms with Crippen molar-refractivity contribution in [1.29, 1.82) is 0 Å². The average Bonchev–Trinajstić information content (AvgIpc) is 2.08. The van der Waals surface area contributed by atoms with Gasteiger partial charge in [0.2, 0.25) is 0 Å². The maximum absolute atomic E-state index is 10.9. The lowest BCUT2D eigenvalue weighted by Gasteiger charge is -2.44. The molecule has 1 atom stereocenters. The minimum atomic E-state index is -0.656. The van der Waals surface area contributed by atoms with Crippen molar-refractivity contribution in [3.05, 3.63) is 12.7 Å². The quantitative estimate of drug-likeness (QED) is 0.701. The fourth-order valence-electron chi connectivity index (χ4n) is 2.15. The zero-order valence-electron chi connectivity index (χ0n) is 8.99. The Labute approximate surface area is 85.4 Å². The van der Waals surface area contributed by atoms with Gasteiger partial charge in [-0.15, -0.1) is 6.58 Å². The van der Waals surface area contributed by atoms with Crippen LogP contribution in [0.5, 0.6) is 0 Å². The Hall–Kier alpha value is -0.830. The second-order valence-electron chi connectivity index (χ2n) is 4.58.